The van der Waals surface area contributed by atoms with Crippen LogP contribution in [-0.2, 0) is 4.74 Å². The third-order valence-electron chi connectivity index (χ3n) is 14.8. The SMILES string of the molecule is COc1cc(F)ccc1-c1cnc2sc(N3CC4(C3)CC(O)(CN)C4)nn12.COc1cc(F)ccc1-c1cnc2sc(N3CC4(C3)CC(O)(CNC(=O)OCC3c5ccccc5-c5ccccc53)C4)nn12. The predicted molar refractivity (Wildman–Crippen MR) is 265 cm³/mol. The van der Waals surface area contributed by atoms with Gasteiger partial charge in [0.2, 0.25) is 20.2 Å². The van der Waals surface area contributed by atoms with Crippen LogP contribution >= 0.6 is 22.7 Å². The van der Waals surface area contributed by atoms with E-state index in [1.165, 1.54) is 72.3 Å². The van der Waals surface area contributed by atoms with Crippen molar-refractivity contribution in [1.82, 2.24) is 34.5 Å². The standard InChI is InChI=1S/C33H30FN5O4S.C18H20FN5O2S/c1-42-28-12-20(34)10-11-25(28)27-13-35-29-39(27)37-30(44-29)38-18-32(19-38)15-33(41,16-32)17-36-31(40)43-14-26-23-8-4-2-6-21(23)22-7-3-5-9-24(22)26;1-26-14-4-11(19)2-3-12(14)13-5-21-15-24(13)22-16(27-15)23-9-17(10-23)6-18(25,7-17)8-20/h2-13,26,41H,14-19H2,1H3,(H,36,40);2-5,25H,6-10,20H2,1H3. The van der Waals surface area contributed by atoms with Crippen LogP contribution in [0.2, 0.25) is 0 Å². The summed E-state index contributed by atoms with van der Waals surface area (Å²) in [5.74, 6) is 0.144. The highest BCUT2D eigenvalue weighted by Gasteiger charge is 2.61. The van der Waals surface area contributed by atoms with Crippen LogP contribution in [0.15, 0.2) is 97.3 Å². The van der Waals surface area contributed by atoms with Gasteiger partial charge in [0.25, 0.3) is 0 Å². The van der Waals surface area contributed by atoms with Crippen LogP contribution < -0.4 is 30.3 Å². The molecule has 0 radical (unpaired) electrons. The van der Waals surface area contributed by atoms with Gasteiger partial charge in [-0.25, -0.2) is 32.6 Å². The summed E-state index contributed by atoms with van der Waals surface area (Å²) in [4.78, 5) is 27.5. The molecule has 0 atom stereocenters. The zero-order valence-corrected chi connectivity index (χ0v) is 40.5. The molecule has 5 aliphatic rings. The lowest BCUT2D eigenvalue weighted by Crippen LogP contribution is -2.70. The summed E-state index contributed by atoms with van der Waals surface area (Å²) in [5, 5.41) is 35.3. The van der Waals surface area contributed by atoms with Crippen molar-refractivity contribution in [3.63, 3.8) is 0 Å². The first kappa shape index (κ1) is 45.4. The van der Waals surface area contributed by atoms with E-state index in [-0.39, 0.29) is 41.5 Å². The second-order valence-corrected chi connectivity index (χ2v) is 21.8. The Bertz CT molecular complexity index is 3300. The van der Waals surface area contributed by atoms with E-state index in [1.807, 2.05) is 24.3 Å². The highest BCUT2D eigenvalue weighted by Crippen LogP contribution is 2.56. The number of carbonyl (C=O) groups excluding carboxylic acids is 1. The molecule has 0 unspecified atom stereocenters. The number of aliphatic hydroxyl groups is 2. The number of rotatable bonds is 11. The molecule has 0 bridgehead atoms. The number of carbonyl (C=O) groups is 1. The van der Waals surface area contributed by atoms with Crippen molar-refractivity contribution in [1.29, 1.82) is 0 Å². The van der Waals surface area contributed by atoms with Crippen LogP contribution in [0.1, 0.15) is 42.7 Å². The molecule has 366 valence electrons. The topological polar surface area (TPSA) is 190 Å². The summed E-state index contributed by atoms with van der Waals surface area (Å²) in [6.07, 6.45) is 5.63. The Morgan fingerprint density at radius 3 is 1.63 bits per heavy atom. The second-order valence-electron chi connectivity index (χ2n) is 19.9. The zero-order valence-electron chi connectivity index (χ0n) is 38.8. The number of ether oxygens (including phenoxy) is 3. The monoisotopic (exact) mass is 1000 g/mol. The van der Waals surface area contributed by atoms with Crippen LogP contribution in [-0.4, -0.2) is 117 Å². The van der Waals surface area contributed by atoms with Crippen LogP contribution in [0.25, 0.3) is 43.6 Å². The minimum Gasteiger partial charge on any atom is -0.496 e. The Morgan fingerprint density at radius 1 is 0.704 bits per heavy atom. The van der Waals surface area contributed by atoms with Crippen molar-refractivity contribution in [2.75, 3.05) is 69.9 Å². The van der Waals surface area contributed by atoms with Gasteiger partial charge in [-0.2, -0.15) is 0 Å². The van der Waals surface area contributed by atoms with E-state index in [2.05, 4.69) is 49.4 Å². The highest BCUT2D eigenvalue weighted by molar-refractivity contribution is 7.20. The maximum atomic E-state index is 13.7. The summed E-state index contributed by atoms with van der Waals surface area (Å²) in [6, 6.07) is 25.3. The summed E-state index contributed by atoms with van der Waals surface area (Å²) in [7, 11) is 3.03. The number of benzene rings is 4. The molecule has 71 heavy (non-hydrogen) atoms. The molecule has 5 N–H and O–H groups in total. The smallest absolute Gasteiger partial charge is 0.407 e. The Hall–Kier alpha value is -6.71. The molecule has 8 aromatic rings. The fourth-order valence-electron chi connectivity index (χ4n) is 11.8. The molecule has 4 aromatic heterocycles. The number of methoxy groups -OCH3 is 2. The van der Waals surface area contributed by atoms with Crippen LogP contribution in [0.3, 0.4) is 0 Å². The molecule has 6 heterocycles. The van der Waals surface area contributed by atoms with Gasteiger partial charge >= 0.3 is 6.09 Å². The number of nitrogens with zero attached hydrogens (tertiary/aromatic N) is 8. The minimum atomic E-state index is -0.957. The fraction of sp³-hybridized carbons (Fsp3) is 0.353. The summed E-state index contributed by atoms with van der Waals surface area (Å²) < 4.78 is 47.1. The summed E-state index contributed by atoms with van der Waals surface area (Å²) in [6.45, 7) is 4.01. The van der Waals surface area contributed by atoms with E-state index in [0.717, 1.165) is 87.3 Å². The average molecular weight is 1000 g/mol. The van der Waals surface area contributed by atoms with Crippen LogP contribution in [0.4, 0.5) is 23.8 Å². The Balaban J connectivity index is 0.000000164. The second kappa shape index (κ2) is 17.0. The van der Waals surface area contributed by atoms with Gasteiger partial charge in [0.05, 0.1) is 49.2 Å². The van der Waals surface area contributed by atoms with Crippen molar-refractivity contribution < 1.29 is 38.0 Å². The average Bonchev–Trinajstić information content (AvgIpc) is 4.17. The van der Waals surface area contributed by atoms with Gasteiger partial charge in [0, 0.05) is 79.3 Å². The van der Waals surface area contributed by atoms with Crippen LogP contribution in [0, 0.1) is 22.5 Å². The lowest BCUT2D eigenvalue weighted by atomic mass is 9.55. The molecule has 3 aliphatic carbocycles. The Morgan fingerprint density at radius 2 is 1.17 bits per heavy atom. The maximum absolute atomic E-state index is 13.7. The van der Waals surface area contributed by atoms with Crippen molar-refractivity contribution in [2.24, 2.45) is 16.6 Å². The summed E-state index contributed by atoms with van der Waals surface area (Å²) >= 11 is 3.00. The van der Waals surface area contributed by atoms with Crippen molar-refractivity contribution >= 4 is 49.0 Å². The number of imidazole rings is 2. The zero-order chi connectivity index (χ0) is 48.9. The Kier molecular flexibility index (Phi) is 10.9. The van der Waals surface area contributed by atoms with Gasteiger partial charge in [0.1, 0.15) is 29.7 Å². The molecule has 2 saturated heterocycles. The van der Waals surface area contributed by atoms with Crippen molar-refractivity contribution in [3.05, 3.63) is 120 Å². The number of anilines is 2. The molecule has 1 amide bonds. The predicted octanol–water partition coefficient (Wildman–Crippen LogP) is 7.37. The molecule has 13 rings (SSSR count). The number of amides is 1. The minimum absolute atomic E-state index is 0.00558. The van der Waals surface area contributed by atoms with Gasteiger partial charge < -0.3 is 45.3 Å². The van der Waals surface area contributed by atoms with Gasteiger partial charge in [-0.15, -0.1) is 10.2 Å². The number of hydrogen-bond donors (Lipinski definition) is 4. The lowest BCUT2D eigenvalue weighted by Gasteiger charge is -2.62. The lowest BCUT2D eigenvalue weighted by molar-refractivity contribution is -0.136. The first-order valence-corrected chi connectivity index (χ1v) is 25.0. The van der Waals surface area contributed by atoms with E-state index in [4.69, 9.17) is 30.1 Å². The first-order valence-electron chi connectivity index (χ1n) is 23.4. The largest absolute Gasteiger partial charge is 0.496 e. The molecule has 4 aromatic carbocycles. The number of nitrogens with two attached hydrogens (primary N) is 1. The number of aromatic nitrogens is 6. The van der Waals surface area contributed by atoms with Crippen molar-refractivity contribution in [2.45, 2.75) is 42.8 Å². The maximum Gasteiger partial charge on any atom is 0.407 e. The normalized spacial score (nSPS) is 18.5. The van der Waals surface area contributed by atoms with E-state index in [1.54, 1.807) is 33.6 Å². The van der Waals surface area contributed by atoms with E-state index in [9.17, 15) is 23.8 Å². The number of alkyl carbamates (subject to hydrolysis) is 1. The Labute approximate surface area is 414 Å². The van der Waals surface area contributed by atoms with Gasteiger partial charge in [-0.1, -0.05) is 71.2 Å². The molecule has 2 saturated carbocycles. The molecule has 2 spiro atoms. The third-order valence-corrected chi connectivity index (χ3v) is 16.7. The molecule has 16 nitrogen and oxygen atoms in total. The number of fused-ring (bicyclic) bond motifs is 5. The van der Waals surface area contributed by atoms with E-state index < -0.39 is 17.3 Å². The summed E-state index contributed by atoms with van der Waals surface area (Å²) in [5.41, 5.74) is 11.8. The van der Waals surface area contributed by atoms with Crippen LogP contribution in [0.5, 0.6) is 11.5 Å². The fourth-order valence-corrected chi connectivity index (χ4v) is 13.6. The van der Waals surface area contributed by atoms with Gasteiger partial charge in [-0.3, -0.25) is 0 Å². The molecular weight excluding hydrogens is 951 g/mol. The quantitative estimate of drug-likeness (QED) is 0.101. The number of halogens is 2. The van der Waals surface area contributed by atoms with Gasteiger partial charge in [0.15, 0.2) is 0 Å². The molecule has 2 aliphatic heterocycles. The first-order chi connectivity index (χ1) is 34.3. The van der Waals surface area contributed by atoms with Crippen molar-refractivity contribution in [3.8, 4) is 45.1 Å². The van der Waals surface area contributed by atoms with E-state index >= 15 is 0 Å². The molecular formula is C51H50F2N10O6S2. The van der Waals surface area contributed by atoms with Gasteiger partial charge in [-0.05, 0) is 72.2 Å². The third kappa shape index (κ3) is 7.92. The number of nitrogens with one attached hydrogen (secondary N) is 1. The molecule has 20 heteroatoms. The number of hydrogen-bond acceptors (Lipinski definition) is 15. The van der Waals surface area contributed by atoms with E-state index in [0.29, 0.717) is 36.4 Å². The molecule has 4 fully saturated rings. The highest BCUT2D eigenvalue weighted by atomic mass is 32.1.